The maximum atomic E-state index is 5.54. The first-order chi connectivity index (χ1) is 8.66. The second-order valence-electron chi connectivity index (χ2n) is 5.68. The lowest BCUT2D eigenvalue weighted by molar-refractivity contribution is 0.356. The molecule has 0 radical (unpaired) electrons. The summed E-state index contributed by atoms with van der Waals surface area (Å²) < 4.78 is 5.54. The summed E-state index contributed by atoms with van der Waals surface area (Å²) in [4.78, 5) is 0. The summed E-state index contributed by atoms with van der Waals surface area (Å²) in [5.74, 6) is 1.88. The van der Waals surface area contributed by atoms with Crippen LogP contribution in [0, 0.1) is 5.92 Å². The van der Waals surface area contributed by atoms with Gasteiger partial charge < -0.3 is 10.1 Å². The molecule has 1 N–H and O–H groups in total. The molecule has 0 fully saturated rings. The van der Waals surface area contributed by atoms with Crippen LogP contribution in [0.15, 0.2) is 18.2 Å². The highest BCUT2D eigenvalue weighted by Gasteiger charge is 2.14. The van der Waals surface area contributed by atoms with E-state index < -0.39 is 0 Å². The molecule has 0 saturated heterocycles. The van der Waals surface area contributed by atoms with Gasteiger partial charge in [-0.15, -0.1) is 0 Å². The van der Waals surface area contributed by atoms with E-state index in [0.717, 1.165) is 31.2 Å². The van der Waals surface area contributed by atoms with Crippen molar-refractivity contribution < 1.29 is 4.74 Å². The summed E-state index contributed by atoms with van der Waals surface area (Å²) in [5, 5.41) is 3.60. The first-order valence-electron chi connectivity index (χ1n) is 7.16. The quantitative estimate of drug-likeness (QED) is 0.774. The molecule has 1 aromatic rings. The van der Waals surface area contributed by atoms with E-state index in [4.69, 9.17) is 4.74 Å². The van der Waals surface area contributed by atoms with Gasteiger partial charge in [-0.2, -0.15) is 0 Å². The Hall–Kier alpha value is -1.02. The first-order valence-corrected chi connectivity index (χ1v) is 7.16. The highest BCUT2D eigenvalue weighted by molar-refractivity contribution is 5.40. The van der Waals surface area contributed by atoms with Crippen molar-refractivity contribution in [3.63, 3.8) is 0 Å². The SMILES string of the molecule is CC(C)CCCNC(C)c1ccc2c(c1)CCO2. The smallest absolute Gasteiger partial charge is 0.122 e. The van der Waals surface area contributed by atoms with Gasteiger partial charge in [-0.3, -0.25) is 0 Å². The zero-order valence-corrected chi connectivity index (χ0v) is 11.8. The molecule has 100 valence electrons. The monoisotopic (exact) mass is 247 g/mol. The Bertz CT molecular complexity index is 387. The predicted molar refractivity (Wildman–Crippen MR) is 76.1 cm³/mol. The molecule has 1 aromatic carbocycles. The Morgan fingerprint density at radius 2 is 2.11 bits per heavy atom. The van der Waals surface area contributed by atoms with Gasteiger partial charge in [0.1, 0.15) is 5.75 Å². The fourth-order valence-electron chi connectivity index (χ4n) is 2.42. The maximum Gasteiger partial charge on any atom is 0.122 e. The molecule has 18 heavy (non-hydrogen) atoms. The Morgan fingerprint density at radius 3 is 2.89 bits per heavy atom. The van der Waals surface area contributed by atoms with Crippen LogP contribution in [0.25, 0.3) is 0 Å². The Balaban J connectivity index is 1.83. The van der Waals surface area contributed by atoms with E-state index in [-0.39, 0.29) is 0 Å². The molecule has 2 heteroatoms. The third-order valence-electron chi connectivity index (χ3n) is 3.62. The number of fused-ring (bicyclic) bond motifs is 1. The summed E-state index contributed by atoms with van der Waals surface area (Å²) in [6.07, 6.45) is 3.62. The predicted octanol–water partition coefficient (Wildman–Crippen LogP) is 3.71. The minimum atomic E-state index is 0.433. The van der Waals surface area contributed by atoms with Gasteiger partial charge in [-0.25, -0.2) is 0 Å². The molecule has 1 aliphatic heterocycles. The van der Waals surface area contributed by atoms with Crippen molar-refractivity contribution in [3.8, 4) is 5.75 Å². The summed E-state index contributed by atoms with van der Waals surface area (Å²) in [7, 11) is 0. The molecule has 0 spiro atoms. The van der Waals surface area contributed by atoms with Gasteiger partial charge in [0, 0.05) is 12.5 Å². The molecule has 0 aromatic heterocycles. The van der Waals surface area contributed by atoms with Gasteiger partial charge in [0.2, 0.25) is 0 Å². The van der Waals surface area contributed by atoms with Crippen LogP contribution in [0.4, 0.5) is 0 Å². The van der Waals surface area contributed by atoms with Gasteiger partial charge in [0.05, 0.1) is 6.61 Å². The molecule has 0 saturated carbocycles. The van der Waals surface area contributed by atoms with Crippen LogP contribution in [0.2, 0.25) is 0 Å². The lowest BCUT2D eigenvalue weighted by atomic mass is 10.0. The second-order valence-corrected chi connectivity index (χ2v) is 5.68. The van der Waals surface area contributed by atoms with Gasteiger partial charge in [0.15, 0.2) is 0 Å². The maximum absolute atomic E-state index is 5.54. The van der Waals surface area contributed by atoms with E-state index in [9.17, 15) is 0 Å². The molecule has 1 unspecified atom stereocenters. The molecule has 1 heterocycles. The number of nitrogens with one attached hydrogen (secondary N) is 1. The molecule has 1 atom stereocenters. The molecular weight excluding hydrogens is 222 g/mol. The van der Waals surface area contributed by atoms with Crippen molar-refractivity contribution in [1.29, 1.82) is 0 Å². The third kappa shape index (κ3) is 3.49. The summed E-state index contributed by atoms with van der Waals surface area (Å²) in [6.45, 7) is 8.75. The summed E-state index contributed by atoms with van der Waals surface area (Å²) in [5.41, 5.74) is 2.74. The molecule has 2 nitrogen and oxygen atoms in total. The summed E-state index contributed by atoms with van der Waals surface area (Å²) >= 11 is 0. The van der Waals surface area contributed by atoms with Gasteiger partial charge in [-0.1, -0.05) is 26.0 Å². The van der Waals surface area contributed by atoms with Crippen molar-refractivity contribution in [3.05, 3.63) is 29.3 Å². The highest BCUT2D eigenvalue weighted by Crippen LogP contribution is 2.28. The van der Waals surface area contributed by atoms with Crippen LogP contribution < -0.4 is 10.1 Å². The van der Waals surface area contributed by atoms with E-state index >= 15 is 0 Å². The van der Waals surface area contributed by atoms with Crippen LogP contribution >= 0.6 is 0 Å². The highest BCUT2D eigenvalue weighted by atomic mass is 16.5. The normalized spacial score (nSPS) is 15.6. The number of hydrogen-bond donors (Lipinski definition) is 1. The van der Waals surface area contributed by atoms with Crippen LogP contribution in [0.1, 0.15) is 50.8 Å². The molecular formula is C16H25NO. The van der Waals surface area contributed by atoms with Crippen LogP contribution in [-0.4, -0.2) is 13.2 Å². The van der Waals surface area contributed by atoms with E-state index in [1.807, 2.05) is 0 Å². The average Bonchev–Trinajstić information content (AvgIpc) is 2.81. The Morgan fingerprint density at radius 1 is 1.28 bits per heavy atom. The van der Waals surface area contributed by atoms with Crippen molar-refractivity contribution >= 4 is 0 Å². The van der Waals surface area contributed by atoms with Crippen LogP contribution in [0.5, 0.6) is 5.75 Å². The summed E-state index contributed by atoms with van der Waals surface area (Å²) in [6, 6.07) is 7.03. The fraction of sp³-hybridized carbons (Fsp3) is 0.625. The standard InChI is InChI=1S/C16H25NO/c1-12(2)5-4-9-17-13(3)14-6-7-16-15(11-14)8-10-18-16/h6-7,11-13,17H,4-5,8-10H2,1-3H3. The molecule has 0 amide bonds. The van der Waals surface area contributed by atoms with Gasteiger partial charge in [-0.05, 0) is 49.4 Å². The van der Waals surface area contributed by atoms with Gasteiger partial charge >= 0.3 is 0 Å². The van der Waals surface area contributed by atoms with Crippen molar-refractivity contribution in [1.82, 2.24) is 5.32 Å². The molecule has 2 rings (SSSR count). The van der Waals surface area contributed by atoms with Crippen molar-refractivity contribution in [2.24, 2.45) is 5.92 Å². The number of hydrogen-bond acceptors (Lipinski definition) is 2. The Labute approximate surface area is 111 Å². The van der Waals surface area contributed by atoms with E-state index in [1.54, 1.807) is 0 Å². The first kappa shape index (κ1) is 13.4. The minimum absolute atomic E-state index is 0.433. The van der Waals surface area contributed by atoms with E-state index in [2.05, 4.69) is 44.3 Å². The average molecular weight is 247 g/mol. The lowest BCUT2D eigenvalue weighted by Crippen LogP contribution is -2.20. The Kier molecular flexibility index (Phi) is 4.65. The molecule has 0 aliphatic carbocycles. The molecule has 0 bridgehead atoms. The largest absolute Gasteiger partial charge is 0.493 e. The van der Waals surface area contributed by atoms with E-state index in [0.29, 0.717) is 6.04 Å². The topological polar surface area (TPSA) is 21.3 Å². The number of benzene rings is 1. The molecule has 1 aliphatic rings. The van der Waals surface area contributed by atoms with Crippen LogP contribution in [-0.2, 0) is 6.42 Å². The van der Waals surface area contributed by atoms with Crippen molar-refractivity contribution in [2.75, 3.05) is 13.2 Å². The second kappa shape index (κ2) is 6.24. The fourth-order valence-corrected chi connectivity index (χ4v) is 2.42. The van der Waals surface area contributed by atoms with Gasteiger partial charge in [0.25, 0.3) is 0 Å². The van der Waals surface area contributed by atoms with E-state index in [1.165, 1.54) is 24.0 Å². The van der Waals surface area contributed by atoms with Crippen molar-refractivity contribution in [2.45, 2.75) is 46.1 Å². The zero-order chi connectivity index (χ0) is 13.0. The number of ether oxygens (including phenoxy) is 1. The zero-order valence-electron chi connectivity index (χ0n) is 11.8. The minimum Gasteiger partial charge on any atom is -0.493 e. The third-order valence-corrected chi connectivity index (χ3v) is 3.62. The lowest BCUT2D eigenvalue weighted by Gasteiger charge is -2.15. The number of rotatable bonds is 6. The van der Waals surface area contributed by atoms with Crippen LogP contribution in [0.3, 0.4) is 0 Å².